The van der Waals surface area contributed by atoms with Crippen LogP contribution in [-0.2, 0) is 0 Å². The van der Waals surface area contributed by atoms with Gasteiger partial charge in [0.25, 0.3) is 0 Å². The second kappa shape index (κ2) is 4.44. The van der Waals surface area contributed by atoms with Gasteiger partial charge >= 0.3 is 0 Å². The Morgan fingerprint density at radius 3 is 2.62 bits per heavy atom. The second-order valence-electron chi connectivity index (χ2n) is 4.20. The van der Waals surface area contributed by atoms with Gasteiger partial charge in [-0.05, 0) is 50.1 Å². The van der Waals surface area contributed by atoms with Crippen LogP contribution in [0.3, 0.4) is 0 Å². The van der Waals surface area contributed by atoms with Crippen molar-refractivity contribution < 1.29 is 4.42 Å². The van der Waals surface area contributed by atoms with Gasteiger partial charge in [0, 0.05) is 5.69 Å². The fourth-order valence-corrected chi connectivity index (χ4v) is 1.88. The Hall–Kier alpha value is -1.70. The Morgan fingerprint density at radius 2 is 2.00 bits per heavy atom. The lowest BCUT2D eigenvalue weighted by Crippen LogP contribution is -2.06. The molecule has 2 rings (SSSR count). The number of rotatable bonds is 3. The van der Waals surface area contributed by atoms with Gasteiger partial charge in [0.05, 0.1) is 12.3 Å². The summed E-state index contributed by atoms with van der Waals surface area (Å²) in [6.45, 7) is 6.26. The quantitative estimate of drug-likeness (QED) is 0.834. The number of hydrogen-bond acceptors (Lipinski definition) is 2. The van der Waals surface area contributed by atoms with E-state index in [0.717, 1.165) is 11.4 Å². The molecular weight excluding hydrogens is 198 g/mol. The molecule has 0 saturated heterocycles. The summed E-state index contributed by atoms with van der Waals surface area (Å²) < 4.78 is 5.47. The molecule has 0 fully saturated rings. The van der Waals surface area contributed by atoms with Crippen LogP contribution in [0.2, 0.25) is 0 Å². The maximum Gasteiger partial charge on any atom is 0.128 e. The van der Waals surface area contributed by atoms with Crippen molar-refractivity contribution in [1.82, 2.24) is 0 Å². The zero-order valence-corrected chi connectivity index (χ0v) is 9.95. The highest BCUT2D eigenvalue weighted by atomic mass is 16.3. The first-order chi connectivity index (χ1) is 7.66. The van der Waals surface area contributed by atoms with Crippen LogP contribution in [0.4, 0.5) is 5.69 Å². The van der Waals surface area contributed by atoms with Gasteiger partial charge in [-0.15, -0.1) is 0 Å². The summed E-state index contributed by atoms with van der Waals surface area (Å²) in [7, 11) is 0. The molecule has 1 aromatic carbocycles. The lowest BCUT2D eigenvalue weighted by Gasteiger charge is -2.14. The highest BCUT2D eigenvalue weighted by Gasteiger charge is 2.11. The minimum absolute atomic E-state index is 0.191. The molecule has 84 valence electrons. The molecule has 2 aromatic rings. The maximum atomic E-state index is 5.47. The maximum absolute atomic E-state index is 5.47. The van der Waals surface area contributed by atoms with E-state index in [0.29, 0.717) is 0 Å². The highest BCUT2D eigenvalue weighted by molar-refractivity contribution is 5.47. The number of nitrogens with one attached hydrogen (secondary N) is 1. The van der Waals surface area contributed by atoms with Gasteiger partial charge < -0.3 is 9.73 Å². The Bertz CT molecular complexity index is 473. The first-order valence-corrected chi connectivity index (χ1v) is 5.54. The molecule has 0 radical (unpaired) electrons. The zero-order valence-electron chi connectivity index (χ0n) is 9.95. The molecule has 0 amide bonds. The van der Waals surface area contributed by atoms with Crippen molar-refractivity contribution in [3.05, 3.63) is 53.5 Å². The van der Waals surface area contributed by atoms with E-state index in [1.165, 1.54) is 11.1 Å². The van der Waals surface area contributed by atoms with Crippen molar-refractivity contribution in [2.24, 2.45) is 0 Å². The molecule has 1 aromatic heterocycles. The Balaban J connectivity index is 2.14. The molecule has 0 aliphatic carbocycles. The van der Waals surface area contributed by atoms with E-state index in [2.05, 4.69) is 50.4 Å². The van der Waals surface area contributed by atoms with Crippen LogP contribution < -0.4 is 5.32 Å². The van der Waals surface area contributed by atoms with Gasteiger partial charge in [0.15, 0.2) is 0 Å². The highest BCUT2D eigenvalue weighted by Crippen LogP contribution is 2.23. The minimum atomic E-state index is 0.191. The number of hydrogen-bond donors (Lipinski definition) is 1. The smallest absolute Gasteiger partial charge is 0.128 e. The van der Waals surface area contributed by atoms with E-state index >= 15 is 0 Å². The van der Waals surface area contributed by atoms with Gasteiger partial charge in [-0.3, -0.25) is 0 Å². The van der Waals surface area contributed by atoms with Crippen LogP contribution in [0.5, 0.6) is 0 Å². The molecule has 0 bridgehead atoms. The molecule has 16 heavy (non-hydrogen) atoms. The van der Waals surface area contributed by atoms with E-state index in [9.17, 15) is 0 Å². The van der Waals surface area contributed by atoms with Crippen LogP contribution in [0.15, 0.2) is 41.0 Å². The van der Waals surface area contributed by atoms with Crippen molar-refractivity contribution in [2.45, 2.75) is 26.8 Å². The minimum Gasteiger partial charge on any atom is -0.467 e. The van der Waals surface area contributed by atoms with E-state index in [-0.39, 0.29) is 6.04 Å². The molecule has 1 atom stereocenters. The number of benzene rings is 1. The van der Waals surface area contributed by atoms with Crippen molar-refractivity contribution >= 4 is 5.69 Å². The molecular formula is C14H17NO. The summed E-state index contributed by atoms with van der Waals surface area (Å²) in [6.07, 6.45) is 1.74. The SMILES string of the molecule is Cc1cccc(NC(C)c2occc2C)c1. The monoisotopic (exact) mass is 215 g/mol. The van der Waals surface area contributed by atoms with Crippen LogP contribution >= 0.6 is 0 Å². The second-order valence-corrected chi connectivity index (χ2v) is 4.20. The molecule has 0 aliphatic heterocycles. The zero-order chi connectivity index (χ0) is 11.5. The van der Waals surface area contributed by atoms with Gasteiger partial charge in [-0.1, -0.05) is 12.1 Å². The predicted octanol–water partition coefficient (Wildman–Crippen LogP) is 4.07. The molecule has 2 nitrogen and oxygen atoms in total. The molecule has 1 unspecified atom stereocenters. The lowest BCUT2D eigenvalue weighted by atomic mass is 10.1. The van der Waals surface area contributed by atoms with Crippen molar-refractivity contribution in [2.75, 3.05) is 5.32 Å². The predicted molar refractivity (Wildman–Crippen MR) is 66.7 cm³/mol. The third kappa shape index (κ3) is 2.27. The third-order valence-electron chi connectivity index (χ3n) is 2.70. The molecule has 1 N–H and O–H groups in total. The third-order valence-corrected chi connectivity index (χ3v) is 2.70. The van der Waals surface area contributed by atoms with Gasteiger partial charge in [-0.2, -0.15) is 0 Å². The summed E-state index contributed by atoms with van der Waals surface area (Å²) in [5.74, 6) is 1.00. The van der Waals surface area contributed by atoms with Crippen molar-refractivity contribution in [3.63, 3.8) is 0 Å². The van der Waals surface area contributed by atoms with Crippen molar-refractivity contribution in [1.29, 1.82) is 0 Å². The van der Waals surface area contributed by atoms with Gasteiger partial charge in [-0.25, -0.2) is 0 Å². The molecule has 0 aliphatic rings. The van der Waals surface area contributed by atoms with E-state index < -0.39 is 0 Å². The summed E-state index contributed by atoms with van der Waals surface area (Å²) in [5.41, 5.74) is 3.57. The average Bonchev–Trinajstić information content (AvgIpc) is 2.64. The van der Waals surface area contributed by atoms with Crippen LogP contribution in [0.25, 0.3) is 0 Å². The van der Waals surface area contributed by atoms with E-state index in [1.807, 2.05) is 6.07 Å². The lowest BCUT2D eigenvalue weighted by molar-refractivity contribution is 0.487. The summed E-state index contributed by atoms with van der Waals surface area (Å²) in [6, 6.07) is 10.5. The molecule has 0 saturated carbocycles. The molecule has 0 spiro atoms. The fourth-order valence-electron chi connectivity index (χ4n) is 1.88. The molecule has 1 heterocycles. The standard InChI is InChI=1S/C14H17NO/c1-10-5-4-6-13(9-10)15-12(3)14-11(2)7-8-16-14/h4-9,12,15H,1-3H3. The fraction of sp³-hybridized carbons (Fsp3) is 0.286. The van der Waals surface area contributed by atoms with Crippen molar-refractivity contribution in [3.8, 4) is 0 Å². The average molecular weight is 215 g/mol. The largest absolute Gasteiger partial charge is 0.467 e. The first kappa shape index (κ1) is 10.8. The Kier molecular flexibility index (Phi) is 3.00. The Labute approximate surface area is 96.3 Å². The number of aryl methyl sites for hydroxylation is 2. The summed E-state index contributed by atoms with van der Waals surface area (Å²) in [4.78, 5) is 0. The van der Waals surface area contributed by atoms with Gasteiger partial charge in [0.1, 0.15) is 5.76 Å². The van der Waals surface area contributed by atoms with E-state index in [4.69, 9.17) is 4.42 Å². The first-order valence-electron chi connectivity index (χ1n) is 5.54. The van der Waals surface area contributed by atoms with Crippen LogP contribution in [-0.4, -0.2) is 0 Å². The number of anilines is 1. The topological polar surface area (TPSA) is 25.2 Å². The Morgan fingerprint density at radius 1 is 1.19 bits per heavy atom. The normalized spacial score (nSPS) is 12.4. The van der Waals surface area contributed by atoms with Crippen LogP contribution in [0, 0.1) is 13.8 Å². The van der Waals surface area contributed by atoms with Crippen LogP contribution in [0.1, 0.15) is 29.9 Å². The molecule has 2 heteroatoms. The summed E-state index contributed by atoms with van der Waals surface area (Å²) in [5, 5.41) is 3.43. The summed E-state index contributed by atoms with van der Waals surface area (Å²) >= 11 is 0. The van der Waals surface area contributed by atoms with Gasteiger partial charge in [0.2, 0.25) is 0 Å². The number of furan rings is 1. The van der Waals surface area contributed by atoms with E-state index in [1.54, 1.807) is 6.26 Å².